The fraction of sp³-hybridized carbons (Fsp3) is 0.958. The Morgan fingerprint density at radius 1 is 1.00 bits per heavy atom. The number of aliphatic hydroxyl groups is 2. The molecule has 0 aliphatic heterocycles. The van der Waals surface area contributed by atoms with Crippen molar-refractivity contribution in [2.24, 2.45) is 46.3 Å². The fourth-order valence-corrected chi connectivity index (χ4v) is 8.80. The summed E-state index contributed by atoms with van der Waals surface area (Å²) < 4.78 is 0. The van der Waals surface area contributed by atoms with Gasteiger partial charge in [0.15, 0.2) is 0 Å². The molecule has 0 amide bonds. The van der Waals surface area contributed by atoms with Gasteiger partial charge in [0.2, 0.25) is 0 Å². The third-order valence-corrected chi connectivity index (χ3v) is 10.2. The van der Waals surface area contributed by atoms with E-state index in [0.717, 1.165) is 32.1 Å². The summed E-state index contributed by atoms with van der Waals surface area (Å²) >= 11 is 0. The minimum absolute atomic E-state index is 0. The highest BCUT2D eigenvalue weighted by atomic mass is 16.4. The molecule has 0 bridgehead atoms. The van der Waals surface area contributed by atoms with E-state index in [1.54, 1.807) is 0 Å². The first kappa shape index (κ1) is 23.0. The monoisotopic (exact) mass is 409 g/mol. The van der Waals surface area contributed by atoms with Gasteiger partial charge in [-0.1, -0.05) is 20.8 Å². The average Bonchev–Trinajstić information content (AvgIpc) is 2.99. The standard InChI is InChI=1S/C24H40O4.H3N/c1-14(4-7-22(27)28)17-5-6-18-16-13-21(26)20-12-15(25)8-10-24(20,3)19(16)9-11-23(17,18)2;/h14-21,25-26H,4-13H2,1-3H3,(H,27,28);1H3/t14-,15-,16+,17-,18+,19+,20?,21+,23-,24-;/m1./s1. The van der Waals surface area contributed by atoms with Gasteiger partial charge in [0, 0.05) is 5.97 Å². The van der Waals surface area contributed by atoms with Gasteiger partial charge in [0.25, 0.3) is 0 Å². The molecule has 4 aliphatic carbocycles. The molecule has 0 heterocycles. The van der Waals surface area contributed by atoms with E-state index in [2.05, 4.69) is 20.8 Å². The van der Waals surface area contributed by atoms with Crippen LogP contribution in [0.25, 0.3) is 0 Å². The molecule has 6 N–H and O–H groups in total. The molecule has 5 heteroatoms. The maximum atomic E-state index is 11.1. The number of carbonyl (C=O) groups excluding carboxylic acids is 1. The normalized spacial score (nSPS) is 49.9. The maximum Gasteiger partial charge on any atom is 0.0577 e. The summed E-state index contributed by atoms with van der Waals surface area (Å²) in [6.07, 6.45) is 8.88. The van der Waals surface area contributed by atoms with Crippen LogP contribution < -0.4 is 11.3 Å². The van der Waals surface area contributed by atoms with Crippen LogP contribution in [0.2, 0.25) is 0 Å². The molecule has 0 aromatic rings. The molecule has 29 heavy (non-hydrogen) atoms. The van der Waals surface area contributed by atoms with Crippen LogP contribution in [0.4, 0.5) is 0 Å². The smallest absolute Gasteiger partial charge is 0.0577 e. The predicted octanol–water partition coefficient (Wildman–Crippen LogP) is 3.52. The minimum atomic E-state index is -0.927. The van der Waals surface area contributed by atoms with E-state index in [-0.39, 0.29) is 41.5 Å². The number of aliphatic carboxylic acids is 1. The van der Waals surface area contributed by atoms with Crippen LogP contribution in [0.5, 0.6) is 0 Å². The van der Waals surface area contributed by atoms with E-state index in [0.29, 0.717) is 29.6 Å². The van der Waals surface area contributed by atoms with Crippen molar-refractivity contribution >= 4 is 5.97 Å². The zero-order valence-corrected chi connectivity index (χ0v) is 18.9. The Labute approximate surface area is 176 Å². The topological polar surface area (TPSA) is 117 Å². The Bertz CT molecular complexity index is 612. The lowest BCUT2D eigenvalue weighted by Gasteiger charge is -2.62. The second kappa shape index (κ2) is 8.12. The van der Waals surface area contributed by atoms with Gasteiger partial charge in [-0.25, -0.2) is 0 Å². The Kier molecular flexibility index (Phi) is 6.45. The third-order valence-electron chi connectivity index (χ3n) is 10.2. The van der Waals surface area contributed by atoms with Crippen LogP contribution in [0.3, 0.4) is 0 Å². The lowest BCUT2D eigenvalue weighted by atomic mass is 9.44. The Morgan fingerprint density at radius 3 is 2.34 bits per heavy atom. The summed E-state index contributed by atoms with van der Waals surface area (Å²) in [4.78, 5) is 10.9. The molecular weight excluding hydrogens is 366 g/mol. The number of carboxylic acid groups (broad SMARTS) is 1. The number of carboxylic acids is 1. The molecule has 4 aliphatic rings. The third kappa shape index (κ3) is 3.65. The predicted molar refractivity (Wildman–Crippen MR) is 112 cm³/mol. The first-order valence-electron chi connectivity index (χ1n) is 11.7. The van der Waals surface area contributed by atoms with Crippen LogP contribution in [-0.2, 0) is 4.79 Å². The first-order chi connectivity index (χ1) is 13.2. The molecular formula is C24H43NO4. The Balaban J connectivity index is 0.00000240. The summed E-state index contributed by atoms with van der Waals surface area (Å²) in [7, 11) is 0. The Morgan fingerprint density at radius 2 is 1.66 bits per heavy atom. The van der Waals surface area contributed by atoms with Crippen molar-refractivity contribution < 1.29 is 20.1 Å². The molecule has 4 fully saturated rings. The molecule has 10 atom stereocenters. The first-order valence-corrected chi connectivity index (χ1v) is 11.7. The SMILES string of the molecule is C[C@H](CCC(=O)[O-])[C@H]1CC[C@H]2[C@@H]3C[C@H](O)C4C[C@H](O)CC[C@]4(C)[C@H]3CC[C@]12C.[NH4+]. The van der Waals surface area contributed by atoms with Crippen LogP contribution in [0.15, 0.2) is 0 Å². The van der Waals surface area contributed by atoms with E-state index in [1.807, 2.05) is 0 Å². The van der Waals surface area contributed by atoms with Crippen molar-refractivity contribution in [3.05, 3.63) is 0 Å². The number of hydrogen-bond donors (Lipinski definition) is 3. The second-order valence-electron chi connectivity index (χ2n) is 11.3. The number of rotatable bonds is 4. The number of quaternary nitrogens is 1. The summed E-state index contributed by atoms with van der Waals surface area (Å²) in [6, 6.07) is 0. The van der Waals surface area contributed by atoms with Crippen molar-refractivity contribution in [2.45, 2.75) is 97.2 Å². The highest BCUT2D eigenvalue weighted by Crippen LogP contribution is 2.68. The molecule has 0 spiro atoms. The molecule has 0 aromatic heterocycles. The van der Waals surface area contributed by atoms with Crippen LogP contribution in [0, 0.1) is 46.3 Å². The highest BCUT2D eigenvalue weighted by Gasteiger charge is 2.62. The molecule has 0 radical (unpaired) electrons. The summed E-state index contributed by atoms with van der Waals surface area (Å²) in [5, 5.41) is 32.2. The maximum absolute atomic E-state index is 11.1. The minimum Gasteiger partial charge on any atom is -0.550 e. The zero-order chi connectivity index (χ0) is 20.3. The van der Waals surface area contributed by atoms with Gasteiger partial charge in [-0.2, -0.15) is 0 Å². The quantitative estimate of drug-likeness (QED) is 0.658. The number of aliphatic hydroxyl groups excluding tert-OH is 2. The van der Waals surface area contributed by atoms with Crippen LogP contribution in [-0.4, -0.2) is 28.4 Å². The van der Waals surface area contributed by atoms with Gasteiger partial charge in [0.05, 0.1) is 12.2 Å². The number of hydrogen-bond acceptors (Lipinski definition) is 4. The average molecular weight is 410 g/mol. The van der Waals surface area contributed by atoms with Gasteiger partial charge in [-0.3, -0.25) is 0 Å². The highest BCUT2D eigenvalue weighted by molar-refractivity contribution is 5.64. The molecule has 168 valence electrons. The van der Waals surface area contributed by atoms with Gasteiger partial charge in [-0.05, 0) is 111 Å². The molecule has 5 nitrogen and oxygen atoms in total. The van der Waals surface area contributed by atoms with E-state index >= 15 is 0 Å². The largest absolute Gasteiger partial charge is 0.550 e. The lowest BCUT2D eigenvalue weighted by molar-refractivity contribution is -0.306. The van der Waals surface area contributed by atoms with Crippen molar-refractivity contribution in [1.29, 1.82) is 0 Å². The van der Waals surface area contributed by atoms with Crippen molar-refractivity contribution in [3.63, 3.8) is 0 Å². The van der Waals surface area contributed by atoms with Gasteiger partial charge in [-0.15, -0.1) is 0 Å². The van der Waals surface area contributed by atoms with E-state index in [1.165, 1.54) is 25.7 Å². The molecule has 4 rings (SSSR count). The summed E-state index contributed by atoms with van der Waals surface area (Å²) in [6.45, 7) is 7.11. The van der Waals surface area contributed by atoms with Crippen LogP contribution in [0.1, 0.15) is 85.0 Å². The van der Waals surface area contributed by atoms with Gasteiger partial charge < -0.3 is 26.3 Å². The lowest BCUT2D eigenvalue weighted by Crippen LogP contribution is -2.58. The number of carbonyl (C=O) groups is 1. The van der Waals surface area contributed by atoms with Gasteiger partial charge >= 0.3 is 0 Å². The molecule has 4 saturated carbocycles. The fourth-order valence-electron chi connectivity index (χ4n) is 8.80. The van der Waals surface area contributed by atoms with Crippen molar-refractivity contribution in [3.8, 4) is 0 Å². The van der Waals surface area contributed by atoms with Crippen molar-refractivity contribution in [2.75, 3.05) is 0 Å². The zero-order valence-electron chi connectivity index (χ0n) is 18.9. The molecule has 0 saturated heterocycles. The summed E-state index contributed by atoms with van der Waals surface area (Å²) in [5.41, 5.74) is 0.450. The van der Waals surface area contributed by atoms with Crippen molar-refractivity contribution in [1.82, 2.24) is 6.15 Å². The second-order valence-corrected chi connectivity index (χ2v) is 11.3. The van der Waals surface area contributed by atoms with Crippen LogP contribution >= 0.6 is 0 Å². The summed E-state index contributed by atoms with van der Waals surface area (Å²) in [5.74, 6) is 2.25. The Hall–Kier alpha value is -0.650. The van der Waals surface area contributed by atoms with E-state index in [4.69, 9.17) is 0 Å². The van der Waals surface area contributed by atoms with Gasteiger partial charge in [0.1, 0.15) is 0 Å². The molecule has 0 aromatic carbocycles. The van der Waals surface area contributed by atoms with E-state index < -0.39 is 5.97 Å². The molecule has 1 unspecified atom stereocenters. The van der Waals surface area contributed by atoms with E-state index in [9.17, 15) is 20.1 Å². The number of fused-ring (bicyclic) bond motifs is 5.